The summed E-state index contributed by atoms with van der Waals surface area (Å²) in [6.45, 7) is 3.88. The van der Waals surface area contributed by atoms with E-state index in [0.29, 0.717) is 11.5 Å². The molecule has 0 saturated carbocycles. The molecule has 122 valence electrons. The Kier molecular flexibility index (Phi) is 3.82. The van der Waals surface area contributed by atoms with Gasteiger partial charge in [0, 0.05) is 23.9 Å². The Morgan fingerprint density at radius 3 is 2.52 bits per heavy atom. The van der Waals surface area contributed by atoms with E-state index in [4.69, 9.17) is 0 Å². The lowest BCUT2D eigenvalue weighted by Gasteiger charge is -2.36. The topological polar surface area (TPSA) is 15.6 Å². The average molecular weight is 320 g/mol. The molecule has 2 aromatic carbocycles. The van der Waals surface area contributed by atoms with Crippen LogP contribution in [-0.2, 0) is 0 Å². The highest BCUT2D eigenvalue weighted by Gasteiger charge is 2.45. The second-order valence-electron chi connectivity index (χ2n) is 6.02. The smallest absolute Gasteiger partial charge is 0.332 e. The zero-order valence-electron chi connectivity index (χ0n) is 13.4. The first kappa shape index (κ1) is 15.8. The van der Waals surface area contributed by atoms with Gasteiger partial charge in [0.15, 0.2) is 6.04 Å². The molecule has 0 bridgehead atoms. The van der Waals surface area contributed by atoms with Gasteiger partial charge in [-0.3, -0.25) is 4.99 Å². The zero-order valence-corrected chi connectivity index (χ0v) is 13.4. The average Bonchev–Trinajstić information content (AvgIpc) is 2.52. The third kappa shape index (κ3) is 2.58. The van der Waals surface area contributed by atoms with Crippen LogP contribution in [0.25, 0.3) is 10.8 Å². The van der Waals surface area contributed by atoms with Crippen LogP contribution in [0.4, 0.5) is 18.9 Å². The van der Waals surface area contributed by atoms with E-state index in [9.17, 15) is 13.2 Å². The lowest BCUT2D eigenvalue weighted by Crippen LogP contribution is -2.38. The van der Waals surface area contributed by atoms with Crippen molar-refractivity contribution in [2.45, 2.75) is 32.5 Å². The van der Waals surface area contributed by atoms with Crippen molar-refractivity contribution >= 4 is 22.3 Å². The lowest BCUT2D eigenvalue weighted by molar-refractivity contribution is -0.148. The first-order valence-electron chi connectivity index (χ1n) is 7.74. The van der Waals surface area contributed by atoms with Gasteiger partial charge in [-0.15, -0.1) is 0 Å². The third-order valence-corrected chi connectivity index (χ3v) is 4.53. The fourth-order valence-corrected chi connectivity index (χ4v) is 3.16. The summed E-state index contributed by atoms with van der Waals surface area (Å²) in [4.78, 5) is 5.90. The molecule has 2 atom stereocenters. The van der Waals surface area contributed by atoms with Gasteiger partial charge in [-0.1, -0.05) is 50.2 Å². The van der Waals surface area contributed by atoms with Crippen LogP contribution in [0.15, 0.2) is 41.4 Å². The summed E-state index contributed by atoms with van der Waals surface area (Å²) in [6, 6.07) is 9.05. The van der Waals surface area contributed by atoms with Crippen molar-refractivity contribution in [1.29, 1.82) is 0 Å². The van der Waals surface area contributed by atoms with E-state index in [1.165, 1.54) is 0 Å². The standard InChI is InChI=1S/C18H19F3N2/c1-4-11(2)17-22-16(18(19,20)21)14-10-9-12-7-5-6-8-13(12)15(14)23(17)3/h5-11,16H,4H2,1-3H3. The molecule has 0 N–H and O–H groups in total. The predicted molar refractivity (Wildman–Crippen MR) is 88.0 cm³/mol. The molecule has 0 fully saturated rings. The van der Waals surface area contributed by atoms with Gasteiger partial charge in [0.1, 0.15) is 5.84 Å². The monoisotopic (exact) mass is 320 g/mol. The van der Waals surface area contributed by atoms with E-state index in [-0.39, 0.29) is 11.5 Å². The van der Waals surface area contributed by atoms with E-state index in [0.717, 1.165) is 17.2 Å². The molecular weight excluding hydrogens is 301 g/mol. The number of benzene rings is 2. The largest absolute Gasteiger partial charge is 0.415 e. The molecule has 2 unspecified atom stereocenters. The van der Waals surface area contributed by atoms with E-state index in [1.54, 1.807) is 12.1 Å². The van der Waals surface area contributed by atoms with E-state index in [2.05, 4.69) is 4.99 Å². The van der Waals surface area contributed by atoms with Gasteiger partial charge >= 0.3 is 6.18 Å². The number of anilines is 1. The van der Waals surface area contributed by atoms with Crippen LogP contribution in [0.5, 0.6) is 0 Å². The molecule has 2 aromatic rings. The van der Waals surface area contributed by atoms with Crippen LogP contribution in [0.1, 0.15) is 31.9 Å². The quantitative estimate of drug-likeness (QED) is 0.729. The zero-order chi connectivity index (χ0) is 16.8. The maximum absolute atomic E-state index is 13.6. The fraction of sp³-hybridized carbons (Fsp3) is 0.389. The molecule has 0 aromatic heterocycles. The first-order chi connectivity index (χ1) is 10.8. The fourth-order valence-electron chi connectivity index (χ4n) is 3.16. The molecule has 0 amide bonds. The second kappa shape index (κ2) is 5.55. The minimum Gasteiger partial charge on any atom is -0.332 e. The minimum absolute atomic E-state index is 0.0306. The normalized spacial score (nSPS) is 19.5. The molecular formula is C18H19F3N2. The molecule has 3 rings (SSSR count). The Morgan fingerprint density at radius 2 is 1.87 bits per heavy atom. The van der Waals surface area contributed by atoms with Crippen molar-refractivity contribution in [3.63, 3.8) is 0 Å². The summed E-state index contributed by atoms with van der Waals surface area (Å²) in [5.41, 5.74) is 0.849. The Bertz CT molecular complexity index is 764. The molecule has 2 nitrogen and oxygen atoms in total. The Balaban J connectivity index is 2.29. The first-order valence-corrected chi connectivity index (χ1v) is 7.74. The molecule has 23 heavy (non-hydrogen) atoms. The lowest BCUT2D eigenvalue weighted by atomic mass is 9.94. The van der Waals surface area contributed by atoms with Gasteiger partial charge in [0.25, 0.3) is 0 Å². The SMILES string of the molecule is CCC(C)C1=NC(C(F)(F)F)c2ccc3ccccc3c2N1C. The van der Waals surface area contributed by atoms with Gasteiger partial charge in [0.05, 0.1) is 5.69 Å². The van der Waals surface area contributed by atoms with Gasteiger partial charge < -0.3 is 4.90 Å². The van der Waals surface area contributed by atoms with Crippen LogP contribution in [0.3, 0.4) is 0 Å². The highest BCUT2D eigenvalue weighted by Crippen LogP contribution is 2.46. The van der Waals surface area contributed by atoms with Crippen LogP contribution in [0.2, 0.25) is 0 Å². The minimum atomic E-state index is -4.39. The van der Waals surface area contributed by atoms with Gasteiger partial charge in [0.2, 0.25) is 0 Å². The van der Waals surface area contributed by atoms with E-state index in [1.807, 2.05) is 50.1 Å². The highest BCUT2D eigenvalue weighted by molar-refractivity contribution is 6.09. The van der Waals surface area contributed by atoms with E-state index < -0.39 is 12.2 Å². The van der Waals surface area contributed by atoms with Crippen molar-refractivity contribution in [2.75, 3.05) is 11.9 Å². The molecule has 0 aliphatic carbocycles. The number of amidine groups is 1. The molecule has 5 heteroatoms. The Morgan fingerprint density at radius 1 is 1.17 bits per heavy atom. The number of halogens is 3. The summed E-state index contributed by atoms with van der Waals surface area (Å²) in [7, 11) is 1.81. The van der Waals surface area contributed by atoms with Crippen molar-refractivity contribution in [2.24, 2.45) is 10.9 Å². The van der Waals surface area contributed by atoms with Crippen molar-refractivity contribution < 1.29 is 13.2 Å². The molecule has 0 spiro atoms. The van der Waals surface area contributed by atoms with Gasteiger partial charge in [-0.05, 0) is 11.8 Å². The molecule has 1 aliphatic heterocycles. The summed E-state index contributed by atoms with van der Waals surface area (Å²) in [5.74, 6) is 0.468. The van der Waals surface area contributed by atoms with Crippen molar-refractivity contribution in [1.82, 2.24) is 0 Å². The van der Waals surface area contributed by atoms with Crippen molar-refractivity contribution in [3.8, 4) is 0 Å². The number of rotatable bonds is 2. The summed E-state index contributed by atoms with van der Waals surface area (Å²) >= 11 is 0. The molecule has 1 aliphatic rings. The van der Waals surface area contributed by atoms with Gasteiger partial charge in [-0.25, -0.2) is 0 Å². The Labute approximate surface area is 133 Å². The maximum Gasteiger partial charge on any atom is 0.415 e. The van der Waals surface area contributed by atoms with Crippen LogP contribution < -0.4 is 4.90 Å². The number of fused-ring (bicyclic) bond motifs is 3. The second-order valence-corrected chi connectivity index (χ2v) is 6.02. The van der Waals surface area contributed by atoms with Crippen LogP contribution >= 0.6 is 0 Å². The number of alkyl halides is 3. The number of hydrogen-bond donors (Lipinski definition) is 0. The van der Waals surface area contributed by atoms with Crippen LogP contribution in [0, 0.1) is 5.92 Å². The van der Waals surface area contributed by atoms with Crippen molar-refractivity contribution in [3.05, 3.63) is 42.0 Å². The maximum atomic E-state index is 13.6. The number of aliphatic imine (C=N–C) groups is 1. The number of hydrogen-bond acceptors (Lipinski definition) is 2. The van der Waals surface area contributed by atoms with Gasteiger partial charge in [-0.2, -0.15) is 13.2 Å². The highest BCUT2D eigenvalue weighted by atomic mass is 19.4. The van der Waals surface area contributed by atoms with E-state index >= 15 is 0 Å². The third-order valence-electron chi connectivity index (χ3n) is 4.53. The predicted octanol–water partition coefficient (Wildman–Crippen LogP) is 5.34. The summed E-state index contributed by atoms with van der Waals surface area (Å²) in [5, 5.41) is 1.77. The number of nitrogens with zero attached hydrogens (tertiary/aromatic N) is 2. The molecule has 0 saturated heterocycles. The molecule has 0 radical (unpaired) electrons. The van der Waals surface area contributed by atoms with Crippen LogP contribution in [-0.4, -0.2) is 19.1 Å². The summed E-state index contributed by atoms with van der Waals surface area (Å²) < 4.78 is 40.7. The molecule has 1 heterocycles. The summed E-state index contributed by atoms with van der Waals surface area (Å²) in [6.07, 6.45) is -3.65. The Hall–Kier alpha value is -2.04.